The van der Waals surface area contributed by atoms with Gasteiger partial charge in [0.2, 0.25) is 5.88 Å². The minimum atomic E-state index is -2.68. The smallest absolute Gasteiger partial charge is 0.259 e. The molecule has 0 bridgehead atoms. The SMILES string of the molecule is COc1ncc(C(=O)N2CCC(NC(=O)c3ccccc3Cl)c3c2cnn3CC(F)F)cc1Cl. The molecule has 1 N–H and O–H groups in total. The van der Waals surface area contributed by atoms with Crippen LogP contribution in [0.3, 0.4) is 0 Å². The Hall–Kier alpha value is -3.24. The lowest BCUT2D eigenvalue weighted by atomic mass is 10.0. The highest BCUT2D eigenvalue weighted by Crippen LogP contribution is 2.36. The summed E-state index contributed by atoms with van der Waals surface area (Å²) in [6.45, 7) is -0.491. The number of fused-ring (bicyclic) bond motifs is 1. The molecule has 0 fully saturated rings. The molecule has 0 saturated heterocycles. The molecule has 1 unspecified atom stereocenters. The number of benzene rings is 1. The predicted octanol–water partition coefficient (Wildman–Crippen LogP) is 4.38. The quantitative estimate of drug-likeness (QED) is 0.532. The highest BCUT2D eigenvalue weighted by Gasteiger charge is 2.35. The van der Waals surface area contributed by atoms with Gasteiger partial charge >= 0.3 is 0 Å². The van der Waals surface area contributed by atoms with Crippen LogP contribution < -0.4 is 15.0 Å². The van der Waals surface area contributed by atoms with Gasteiger partial charge in [0.15, 0.2) is 0 Å². The lowest BCUT2D eigenvalue weighted by molar-refractivity contribution is 0.0928. The molecule has 1 aliphatic heterocycles. The van der Waals surface area contributed by atoms with Crippen molar-refractivity contribution in [2.45, 2.75) is 25.4 Å². The molecule has 8 nitrogen and oxygen atoms in total. The molecule has 12 heteroatoms. The Kier molecular flexibility index (Phi) is 6.99. The van der Waals surface area contributed by atoms with Crippen LogP contribution in [0.1, 0.15) is 38.9 Å². The number of aromatic nitrogens is 3. The van der Waals surface area contributed by atoms with Gasteiger partial charge in [0.05, 0.1) is 46.9 Å². The fourth-order valence-electron chi connectivity index (χ4n) is 3.82. The Balaban J connectivity index is 1.67. The van der Waals surface area contributed by atoms with Crippen molar-refractivity contribution in [2.24, 2.45) is 0 Å². The van der Waals surface area contributed by atoms with Gasteiger partial charge in [-0.2, -0.15) is 5.10 Å². The van der Waals surface area contributed by atoms with Gasteiger partial charge in [-0.1, -0.05) is 35.3 Å². The van der Waals surface area contributed by atoms with Crippen molar-refractivity contribution in [1.82, 2.24) is 20.1 Å². The zero-order chi connectivity index (χ0) is 24.4. The lowest BCUT2D eigenvalue weighted by Gasteiger charge is -2.33. The van der Waals surface area contributed by atoms with Crippen molar-refractivity contribution in [2.75, 3.05) is 18.6 Å². The maximum atomic E-state index is 13.2. The molecule has 3 heterocycles. The number of anilines is 1. The summed E-state index contributed by atoms with van der Waals surface area (Å²) in [6.07, 6.45) is 0.240. The maximum Gasteiger partial charge on any atom is 0.259 e. The number of pyridine rings is 1. The third-order valence-corrected chi connectivity index (χ3v) is 5.95. The summed E-state index contributed by atoms with van der Waals surface area (Å²) < 4.78 is 32.6. The van der Waals surface area contributed by atoms with Gasteiger partial charge in [0, 0.05) is 12.7 Å². The molecule has 178 valence electrons. The summed E-state index contributed by atoms with van der Waals surface area (Å²) in [7, 11) is 1.40. The number of halogens is 4. The molecular formula is C22H19Cl2F2N5O3. The second kappa shape index (κ2) is 9.94. The number of nitrogens with zero attached hydrogens (tertiary/aromatic N) is 4. The fraction of sp³-hybridized carbons (Fsp3) is 0.273. The number of methoxy groups -OCH3 is 1. The van der Waals surface area contributed by atoms with Crippen molar-refractivity contribution in [3.8, 4) is 5.88 Å². The van der Waals surface area contributed by atoms with Crippen molar-refractivity contribution in [1.29, 1.82) is 0 Å². The van der Waals surface area contributed by atoms with Crippen LogP contribution in [0.25, 0.3) is 0 Å². The molecule has 3 aromatic rings. The van der Waals surface area contributed by atoms with Crippen LogP contribution in [0.2, 0.25) is 10.0 Å². The van der Waals surface area contributed by atoms with Crippen molar-refractivity contribution in [3.05, 3.63) is 69.6 Å². The van der Waals surface area contributed by atoms with Crippen LogP contribution in [-0.2, 0) is 6.54 Å². The monoisotopic (exact) mass is 509 g/mol. The normalized spacial score (nSPS) is 15.2. The van der Waals surface area contributed by atoms with Gasteiger partial charge in [0.1, 0.15) is 11.6 Å². The zero-order valence-corrected chi connectivity index (χ0v) is 19.4. The summed E-state index contributed by atoms with van der Waals surface area (Å²) in [6, 6.07) is 7.26. The predicted molar refractivity (Wildman–Crippen MR) is 122 cm³/mol. The molecule has 4 rings (SSSR count). The van der Waals surface area contributed by atoms with Crippen molar-refractivity contribution in [3.63, 3.8) is 0 Å². The summed E-state index contributed by atoms with van der Waals surface area (Å²) >= 11 is 12.2. The molecule has 0 aliphatic carbocycles. The first-order valence-corrected chi connectivity index (χ1v) is 11.0. The van der Waals surface area contributed by atoms with E-state index < -0.39 is 30.8 Å². The number of nitrogens with one attached hydrogen (secondary N) is 1. The van der Waals surface area contributed by atoms with E-state index in [-0.39, 0.29) is 40.0 Å². The highest BCUT2D eigenvalue weighted by molar-refractivity contribution is 6.33. The first kappa shape index (κ1) is 23.9. The van der Waals surface area contributed by atoms with Crippen LogP contribution in [-0.4, -0.2) is 46.7 Å². The minimum Gasteiger partial charge on any atom is -0.480 e. The summed E-state index contributed by atoms with van der Waals surface area (Å²) in [4.78, 5) is 31.5. The van der Waals surface area contributed by atoms with Gasteiger partial charge in [-0.05, 0) is 24.6 Å². The number of carbonyl (C=O) groups excluding carboxylic acids is 2. The molecule has 1 aliphatic rings. The standard InChI is InChI=1S/C22H19Cl2F2N5O3/c1-34-21-15(24)8-12(9-27-21)22(33)30-7-6-16(19-17(30)10-28-31(19)11-18(25)26)29-20(32)13-4-2-3-5-14(13)23/h2-5,8-10,16,18H,6-7,11H2,1H3,(H,29,32). The van der Waals surface area contributed by atoms with E-state index in [4.69, 9.17) is 27.9 Å². The topological polar surface area (TPSA) is 89.3 Å². The van der Waals surface area contributed by atoms with E-state index in [1.165, 1.54) is 30.5 Å². The number of hydrogen-bond acceptors (Lipinski definition) is 5. The molecule has 0 radical (unpaired) electrons. The largest absolute Gasteiger partial charge is 0.480 e. The van der Waals surface area contributed by atoms with Crippen LogP contribution in [0, 0.1) is 0 Å². The first-order chi connectivity index (χ1) is 16.3. The molecule has 1 atom stereocenters. The van der Waals surface area contributed by atoms with E-state index in [2.05, 4.69) is 15.4 Å². The number of ether oxygens (including phenoxy) is 1. The molecule has 34 heavy (non-hydrogen) atoms. The van der Waals surface area contributed by atoms with Crippen molar-refractivity contribution >= 4 is 40.7 Å². The molecule has 1 aromatic carbocycles. The van der Waals surface area contributed by atoms with E-state index in [0.717, 1.165) is 4.68 Å². The Bertz CT molecular complexity index is 1240. The van der Waals surface area contributed by atoms with E-state index in [1.807, 2.05) is 0 Å². The fourth-order valence-corrected chi connectivity index (χ4v) is 4.29. The summed E-state index contributed by atoms with van der Waals surface area (Å²) in [5, 5.41) is 7.32. The maximum absolute atomic E-state index is 13.2. The lowest BCUT2D eigenvalue weighted by Crippen LogP contribution is -2.42. The Morgan fingerprint density at radius 3 is 2.68 bits per heavy atom. The molecule has 0 saturated carbocycles. The number of hydrogen-bond donors (Lipinski definition) is 1. The Labute approximate surface area is 203 Å². The minimum absolute atomic E-state index is 0.156. The van der Waals surface area contributed by atoms with Gasteiger partial charge in [-0.25, -0.2) is 13.8 Å². The number of rotatable bonds is 6. The van der Waals surface area contributed by atoms with Gasteiger partial charge in [-0.15, -0.1) is 0 Å². The third kappa shape index (κ3) is 4.69. The molecule has 2 aromatic heterocycles. The number of alkyl halides is 2. The van der Waals surface area contributed by atoms with Gasteiger partial charge in [-0.3, -0.25) is 14.3 Å². The second-order valence-electron chi connectivity index (χ2n) is 7.45. The summed E-state index contributed by atoms with van der Waals surface area (Å²) in [5.74, 6) is -0.729. The molecular weight excluding hydrogens is 491 g/mol. The summed E-state index contributed by atoms with van der Waals surface area (Å²) in [5.41, 5.74) is 1.06. The molecule has 2 amide bonds. The van der Waals surface area contributed by atoms with Crippen molar-refractivity contribution < 1.29 is 23.1 Å². The third-order valence-electron chi connectivity index (χ3n) is 5.35. The number of carbonyl (C=O) groups is 2. The van der Waals surface area contributed by atoms with E-state index in [9.17, 15) is 18.4 Å². The van der Waals surface area contributed by atoms with Crippen LogP contribution in [0.15, 0.2) is 42.7 Å². The second-order valence-corrected chi connectivity index (χ2v) is 8.27. The van der Waals surface area contributed by atoms with Gasteiger partial charge < -0.3 is 15.0 Å². The Morgan fingerprint density at radius 1 is 1.24 bits per heavy atom. The zero-order valence-electron chi connectivity index (χ0n) is 17.8. The van der Waals surface area contributed by atoms with Gasteiger partial charge in [0.25, 0.3) is 18.2 Å². The van der Waals surface area contributed by atoms with Crippen LogP contribution in [0.4, 0.5) is 14.5 Å². The number of amides is 2. The Morgan fingerprint density at radius 2 is 2.00 bits per heavy atom. The van der Waals surface area contributed by atoms with E-state index >= 15 is 0 Å². The van der Waals surface area contributed by atoms with Crippen LogP contribution in [0.5, 0.6) is 5.88 Å². The van der Waals surface area contributed by atoms with E-state index in [1.54, 1.807) is 24.3 Å². The van der Waals surface area contributed by atoms with Crippen LogP contribution >= 0.6 is 23.2 Å². The average molecular weight is 510 g/mol. The van der Waals surface area contributed by atoms with E-state index in [0.29, 0.717) is 11.4 Å². The average Bonchev–Trinajstić information content (AvgIpc) is 3.22. The molecule has 0 spiro atoms. The highest BCUT2D eigenvalue weighted by atomic mass is 35.5. The first-order valence-electron chi connectivity index (χ1n) is 10.2.